The predicted octanol–water partition coefficient (Wildman–Crippen LogP) is 0.906. The van der Waals surface area contributed by atoms with Crippen molar-refractivity contribution < 1.29 is 9.53 Å². The van der Waals surface area contributed by atoms with Gasteiger partial charge in [-0.05, 0) is 18.6 Å². The number of hydrogen-bond donors (Lipinski definition) is 2. The lowest BCUT2D eigenvalue weighted by Crippen LogP contribution is -2.29. The molecule has 19 heavy (non-hydrogen) atoms. The van der Waals surface area contributed by atoms with Crippen LogP contribution in [0.2, 0.25) is 0 Å². The summed E-state index contributed by atoms with van der Waals surface area (Å²) in [4.78, 5) is 15.6. The van der Waals surface area contributed by atoms with Crippen molar-refractivity contribution in [1.29, 1.82) is 0 Å². The van der Waals surface area contributed by atoms with E-state index in [1.165, 1.54) is 0 Å². The van der Waals surface area contributed by atoms with Crippen LogP contribution in [0.25, 0.3) is 11.0 Å². The van der Waals surface area contributed by atoms with E-state index in [2.05, 4.69) is 10.3 Å². The Labute approximate surface area is 110 Å². The average Bonchev–Trinajstić information content (AvgIpc) is 2.94. The van der Waals surface area contributed by atoms with E-state index in [9.17, 15) is 4.79 Å². The van der Waals surface area contributed by atoms with Crippen molar-refractivity contribution >= 4 is 22.9 Å². The number of ether oxygens (including phenoxy) is 1. The van der Waals surface area contributed by atoms with Crippen molar-refractivity contribution in [2.75, 3.05) is 12.8 Å². The second-order valence-electron chi connectivity index (χ2n) is 4.74. The number of hydrogen-bond acceptors (Lipinski definition) is 4. The molecule has 100 valence electrons. The maximum atomic E-state index is 11.2. The molecule has 0 aliphatic carbocycles. The van der Waals surface area contributed by atoms with Gasteiger partial charge in [-0.1, -0.05) is 0 Å². The Morgan fingerprint density at radius 2 is 2.42 bits per heavy atom. The highest BCUT2D eigenvalue weighted by Crippen LogP contribution is 2.24. The van der Waals surface area contributed by atoms with E-state index >= 15 is 0 Å². The van der Waals surface area contributed by atoms with Gasteiger partial charge >= 0.3 is 0 Å². The SMILES string of the molecule is COc1ccc2nc(N)n(CC3CCC(=O)N3)c2c1. The smallest absolute Gasteiger partial charge is 0.220 e. The Kier molecular flexibility index (Phi) is 2.77. The summed E-state index contributed by atoms with van der Waals surface area (Å²) in [6.07, 6.45) is 1.42. The molecular weight excluding hydrogens is 244 g/mol. The van der Waals surface area contributed by atoms with Gasteiger partial charge in [-0.3, -0.25) is 4.79 Å². The van der Waals surface area contributed by atoms with E-state index < -0.39 is 0 Å². The van der Waals surface area contributed by atoms with E-state index in [1.807, 2.05) is 22.8 Å². The van der Waals surface area contributed by atoms with Crippen LogP contribution in [0, 0.1) is 0 Å². The van der Waals surface area contributed by atoms with Gasteiger partial charge in [-0.25, -0.2) is 4.98 Å². The number of carbonyl (C=O) groups excluding carboxylic acids is 1. The molecule has 1 aromatic heterocycles. The highest BCUT2D eigenvalue weighted by molar-refractivity contribution is 5.80. The number of methoxy groups -OCH3 is 1. The summed E-state index contributed by atoms with van der Waals surface area (Å²) in [5.41, 5.74) is 7.72. The highest BCUT2D eigenvalue weighted by Gasteiger charge is 2.22. The minimum absolute atomic E-state index is 0.102. The minimum atomic E-state index is 0.102. The molecule has 3 rings (SSSR count). The number of carbonyl (C=O) groups is 1. The molecule has 1 aromatic carbocycles. The molecule has 6 heteroatoms. The third-order valence-corrected chi connectivity index (χ3v) is 3.47. The van der Waals surface area contributed by atoms with Crippen LogP contribution < -0.4 is 15.8 Å². The number of rotatable bonds is 3. The first-order valence-corrected chi connectivity index (χ1v) is 6.26. The maximum absolute atomic E-state index is 11.2. The van der Waals surface area contributed by atoms with Gasteiger partial charge in [-0.2, -0.15) is 0 Å². The zero-order valence-corrected chi connectivity index (χ0v) is 10.7. The zero-order chi connectivity index (χ0) is 13.4. The molecule has 2 aromatic rings. The number of nitrogens with zero attached hydrogens (tertiary/aromatic N) is 2. The largest absolute Gasteiger partial charge is 0.497 e. The lowest BCUT2D eigenvalue weighted by molar-refractivity contribution is -0.119. The van der Waals surface area contributed by atoms with Crippen LogP contribution in [0.3, 0.4) is 0 Å². The number of fused-ring (bicyclic) bond motifs is 1. The first kappa shape index (κ1) is 11.8. The normalized spacial score (nSPS) is 18.8. The number of nitrogens with two attached hydrogens (primary N) is 1. The van der Waals surface area contributed by atoms with Crippen molar-refractivity contribution in [2.24, 2.45) is 0 Å². The fourth-order valence-electron chi connectivity index (χ4n) is 2.47. The summed E-state index contributed by atoms with van der Waals surface area (Å²) >= 11 is 0. The molecule has 3 N–H and O–H groups in total. The van der Waals surface area contributed by atoms with Crippen LogP contribution in [0.4, 0.5) is 5.95 Å². The molecule has 1 aliphatic rings. The average molecular weight is 260 g/mol. The Hall–Kier alpha value is -2.24. The Bertz CT molecular complexity index is 635. The van der Waals surface area contributed by atoms with E-state index in [0.717, 1.165) is 23.2 Å². The lowest BCUT2D eigenvalue weighted by Gasteiger charge is -2.13. The molecule has 6 nitrogen and oxygen atoms in total. The summed E-state index contributed by atoms with van der Waals surface area (Å²) in [6.45, 7) is 0.640. The molecule has 0 bridgehead atoms. The Morgan fingerprint density at radius 3 is 3.11 bits per heavy atom. The molecule has 0 radical (unpaired) electrons. The van der Waals surface area contributed by atoms with Gasteiger partial charge < -0.3 is 20.4 Å². The monoisotopic (exact) mass is 260 g/mol. The fourth-order valence-corrected chi connectivity index (χ4v) is 2.47. The van der Waals surface area contributed by atoms with E-state index in [0.29, 0.717) is 18.9 Å². The molecule has 1 unspecified atom stereocenters. The van der Waals surface area contributed by atoms with Crippen molar-refractivity contribution in [3.05, 3.63) is 18.2 Å². The van der Waals surface area contributed by atoms with Gasteiger partial charge in [0.05, 0.1) is 18.1 Å². The predicted molar refractivity (Wildman–Crippen MR) is 71.9 cm³/mol. The quantitative estimate of drug-likeness (QED) is 0.859. The third kappa shape index (κ3) is 2.09. The number of aromatic nitrogens is 2. The summed E-state index contributed by atoms with van der Waals surface area (Å²) in [6, 6.07) is 5.78. The highest BCUT2D eigenvalue weighted by atomic mass is 16.5. The zero-order valence-electron chi connectivity index (χ0n) is 10.7. The molecule has 1 saturated heterocycles. The van der Waals surface area contributed by atoms with Gasteiger partial charge in [0.15, 0.2) is 0 Å². The number of nitrogen functional groups attached to an aromatic ring is 1. The second-order valence-corrected chi connectivity index (χ2v) is 4.74. The van der Waals surface area contributed by atoms with Crippen LogP contribution in [-0.2, 0) is 11.3 Å². The summed E-state index contributed by atoms with van der Waals surface area (Å²) in [5.74, 6) is 1.33. The van der Waals surface area contributed by atoms with Gasteiger partial charge in [0, 0.05) is 25.1 Å². The van der Waals surface area contributed by atoms with Gasteiger partial charge in [0.25, 0.3) is 0 Å². The van der Waals surface area contributed by atoms with Crippen LogP contribution in [-0.4, -0.2) is 28.6 Å². The van der Waals surface area contributed by atoms with Gasteiger partial charge in [-0.15, -0.1) is 0 Å². The Balaban J connectivity index is 1.97. The molecule has 2 heterocycles. The molecule has 1 fully saturated rings. The first-order valence-electron chi connectivity index (χ1n) is 6.26. The molecule has 1 aliphatic heterocycles. The van der Waals surface area contributed by atoms with Crippen LogP contribution in [0.5, 0.6) is 5.75 Å². The van der Waals surface area contributed by atoms with Crippen molar-refractivity contribution in [3.8, 4) is 5.75 Å². The Morgan fingerprint density at radius 1 is 1.58 bits per heavy atom. The van der Waals surface area contributed by atoms with E-state index in [-0.39, 0.29) is 11.9 Å². The van der Waals surface area contributed by atoms with E-state index in [1.54, 1.807) is 7.11 Å². The van der Waals surface area contributed by atoms with Crippen molar-refractivity contribution in [2.45, 2.75) is 25.4 Å². The van der Waals surface area contributed by atoms with Crippen LogP contribution >= 0.6 is 0 Å². The number of nitrogens with one attached hydrogen (secondary N) is 1. The molecule has 1 amide bonds. The van der Waals surface area contributed by atoms with Gasteiger partial charge in [0.2, 0.25) is 11.9 Å². The van der Waals surface area contributed by atoms with Crippen LogP contribution in [0.15, 0.2) is 18.2 Å². The molecule has 0 saturated carbocycles. The number of benzene rings is 1. The van der Waals surface area contributed by atoms with Crippen molar-refractivity contribution in [3.63, 3.8) is 0 Å². The molecule has 0 spiro atoms. The summed E-state index contributed by atoms with van der Waals surface area (Å²) in [7, 11) is 1.63. The summed E-state index contributed by atoms with van der Waals surface area (Å²) < 4.78 is 7.15. The van der Waals surface area contributed by atoms with Crippen molar-refractivity contribution in [1.82, 2.24) is 14.9 Å². The minimum Gasteiger partial charge on any atom is -0.497 e. The first-order chi connectivity index (χ1) is 9.17. The fraction of sp³-hybridized carbons (Fsp3) is 0.385. The third-order valence-electron chi connectivity index (χ3n) is 3.47. The summed E-state index contributed by atoms with van der Waals surface area (Å²) in [5, 5.41) is 2.94. The topological polar surface area (TPSA) is 82.2 Å². The van der Waals surface area contributed by atoms with E-state index in [4.69, 9.17) is 10.5 Å². The standard InChI is InChI=1S/C13H16N4O2/c1-19-9-3-4-10-11(6-9)17(13(14)16-10)7-8-2-5-12(18)15-8/h3-4,6,8H,2,5,7H2,1H3,(H2,14,16)(H,15,18). The molecular formula is C13H16N4O2. The van der Waals surface area contributed by atoms with Crippen LogP contribution in [0.1, 0.15) is 12.8 Å². The maximum Gasteiger partial charge on any atom is 0.220 e. The number of anilines is 1. The second kappa shape index (κ2) is 4.46. The van der Waals surface area contributed by atoms with Gasteiger partial charge in [0.1, 0.15) is 5.75 Å². The molecule has 1 atom stereocenters. The number of amides is 1. The lowest BCUT2D eigenvalue weighted by atomic mass is 10.2. The number of imidazole rings is 1.